The third-order valence-electron chi connectivity index (χ3n) is 2.93. The molecule has 0 heterocycles. The van der Waals surface area contributed by atoms with Gasteiger partial charge in [-0.25, -0.2) is 0 Å². The summed E-state index contributed by atoms with van der Waals surface area (Å²) >= 11 is 6.37. The molecule has 1 heteroatoms. The van der Waals surface area contributed by atoms with E-state index in [1.54, 1.807) is 0 Å². The van der Waals surface area contributed by atoms with Gasteiger partial charge in [0.25, 0.3) is 0 Å². The van der Waals surface area contributed by atoms with Crippen LogP contribution >= 0.6 is 11.6 Å². The Kier molecular flexibility index (Phi) is 4.63. The number of alkyl halides is 1. The van der Waals surface area contributed by atoms with Gasteiger partial charge in [-0.15, -0.1) is 11.6 Å². The lowest BCUT2D eigenvalue weighted by Crippen LogP contribution is -1.92. The fourth-order valence-corrected chi connectivity index (χ4v) is 2.26. The van der Waals surface area contributed by atoms with Crippen molar-refractivity contribution >= 4 is 11.6 Å². The Bertz CT molecular complexity index is 422. The predicted molar refractivity (Wildman–Crippen MR) is 74.4 cm³/mol. The second-order valence-electron chi connectivity index (χ2n) is 4.26. The summed E-state index contributed by atoms with van der Waals surface area (Å²) in [5.74, 6) is 0. The summed E-state index contributed by atoms with van der Waals surface area (Å²) in [6.45, 7) is 0. The van der Waals surface area contributed by atoms with Crippen molar-refractivity contribution in [1.82, 2.24) is 0 Å². The van der Waals surface area contributed by atoms with Crippen molar-refractivity contribution in [1.29, 1.82) is 0 Å². The molecule has 0 saturated carbocycles. The van der Waals surface area contributed by atoms with Crippen LogP contribution in [0.15, 0.2) is 60.7 Å². The molecule has 0 bridgehead atoms. The van der Waals surface area contributed by atoms with Crippen molar-refractivity contribution in [2.75, 3.05) is 0 Å². The number of rotatable bonds is 5. The lowest BCUT2D eigenvalue weighted by molar-refractivity contribution is 0.716. The average Bonchev–Trinajstić information content (AvgIpc) is 2.41. The molecule has 0 aromatic heterocycles. The van der Waals surface area contributed by atoms with E-state index in [-0.39, 0.29) is 5.38 Å². The van der Waals surface area contributed by atoms with Crippen molar-refractivity contribution in [3.8, 4) is 0 Å². The van der Waals surface area contributed by atoms with E-state index in [0.29, 0.717) is 0 Å². The van der Waals surface area contributed by atoms with Crippen molar-refractivity contribution in [2.45, 2.75) is 24.6 Å². The zero-order valence-corrected chi connectivity index (χ0v) is 10.6. The van der Waals surface area contributed by atoms with Gasteiger partial charge in [0.05, 0.1) is 5.38 Å². The Morgan fingerprint density at radius 1 is 0.824 bits per heavy atom. The summed E-state index contributed by atoms with van der Waals surface area (Å²) in [6.07, 6.45) is 3.27. The maximum absolute atomic E-state index is 6.37. The lowest BCUT2D eigenvalue weighted by atomic mass is 10.0. The van der Waals surface area contributed by atoms with Crippen LogP contribution in [0.3, 0.4) is 0 Å². The van der Waals surface area contributed by atoms with Gasteiger partial charge in [-0.3, -0.25) is 0 Å². The number of halogens is 1. The van der Waals surface area contributed by atoms with Crippen LogP contribution in [0.2, 0.25) is 0 Å². The minimum Gasteiger partial charge on any atom is -0.118 e. The highest BCUT2D eigenvalue weighted by Gasteiger charge is 2.06. The molecule has 0 aliphatic heterocycles. The van der Waals surface area contributed by atoms with Crippen LogP contribution in [-0.2, 0) is 6.42 Å². The van der Waals surface area contributed by atoms with E-state index >= 15 is 0 Å². The second kappa shape index (κ2) is 6.46. The molecule has 2 aromatic carbocycles. The molecule has 0 unspecified atom stereocenters. The number of aryl methyl sites for hydroxylation is 1. The van der Waals surface area contributed by atoms with Gasteiger partial charge in [-0.2, -0.15) is 0 Å². The third kappa shape index (κ3) is 3.90. The molecule has 88 valence electrons. The summed E-state index contributed by atoms with van der Waals surface area (Å²) in [5.41, 5.74) is 2.62. The topological polar surface area (TPSA) is 0 Å². The first kappa shape index (κ1) is 12.2. The van der Waals surface area contributed by atoms with E-state index in [1.165, 1.54) is 11.1 Å². The molecular formula is C16H17Cl. The molecule has 2 rings (SSSR count). The maximum atomic E-state index is 6.37. The Morgan fingerprint density at radius 3 is 2.06 bits per heavy atom. The van der Waals surface area contributed by atoms with Crippen LogP contribution in [0.5, 0.6) is 0 Å². The first-order valence-electron chi connectivity index (χ1n) is 6.09. The lowest BCUT2D eigenvalue weighted by Gasteiger charge is -2.09. The van der Waals surface area contributed by atoms with Crippen LogP contribution in [-0.4, -0.2) is 0 Å². The SMILES string of the molecule is Cl[C@@H](CCCc1ccccc1)c1ccccc1. The Morgan fingerprint density at radius 2 is 1.41 bits per heavy atom. The number of hydrogen-bond acceptors (Lipinski definition) is 0. The quantitative estimate of drug-likeness (QED) is 0.650. The monoisotopic (exact) mass is 244 g/mol. The normalized spacial score (nSPS) is 12.3. The average molecular weight is 245 g/mol. The molecule has 0 N–H and O–H groups in total. The first-order valence-corrected chi connectivity index (χ1v) is 6.53. The van der Waals surface area contributed by atoms with E-state index in [1.807, 2.05) is 18.2 Å². The standard InChI is InChI=1S/C16H17Cl/c17-16(15-11-5-2-6-12-15)13-7-10-14-8-3-1-4-9-14/h1-6,8-9,11-12,16H,7,10,13H2/t16-/m0/s1. The highest BCUT2D eigenvalue weighted by atomic mass is 35.5. The fraction of sp³-hybridized carbons (Fsp3) is 0.250. The molecule has 1 atom stereocenters. The van der Waals surface area contributed by atoms with Gasteiger partial charge in [0.2, 0.25) is 0 Å². The molecule has 2 aromatic rings. The van der Waals surface area contributed by atoms with E-state index in [4.69, 9.17) is 11.6 Å². The molecule has 17 heavy (non-hydrogen) atoms. The van der Waals surface area contributed by atoms with E-state index in [2.05, 4.69) is 42.5 Å². The summed E-state index contributed by atoms with van der Waals surface area (Å²) in [5, 5.41) is 0.139. The summed E-state index contributed by atoms with van der Waals surface area (Å²) < 4.78 is 0. The molecule has 0 aliphatic carbocycles. The highest BCUT2D eigenvalue weighted by Crippen LogP contribution is 2.25. The van der Waals surface area contributed by atoms with Crippen LogP contribution in [0, 0.1) is 0 Å². The summed E-state index contributed by atoms with van der Waals surface area (Å²) in [7, 11) is 0. The minimum absolute atomic E-state index is 0.139. The van der Waals surface area contributed by atoms with Crippen molar-refractivity contribution in [3.63, 3.8) is 0 Å². The van der Waals surface area contributed by atoms with Crippen molar-refractivity contribution in [2.24, 2.45) is 0 Å². The number of hydrogen-bond donors (Lipinski definition) is 0. The summed E-state index contributed by atoms with van der Waals surface area (Å²) in [4.78, 5) is 0. The van der Waals surface area contributed by atoms with Gasteiger partial charge < -0.3 is 0 Å². The van der Waals surface area contributed by atoms with Crippen LogP contribution < -0.4 is 0 Å². The van der Waals surface area contributed by atoms with Crippen LogP contribution in [0.1, 0.15) is 29.3 Å². The largest absolute Gasteiger partial charge is 0.118 e. The smallest absolute Gasteiger partial charge is 0.0585 e. The van der Waals surface area contributed by atoms with Crippen molar-refractivity contribution < 1.29 is 0 Å². The second-order valence-corrected chi connectivity index (χ2v) is 4.78. The Balaban J connectivity index is 1.79. The molecule has 0 nitrogen and oxygen atoms in total. The van der Waals surface area contributed by atoms with Gasteiger partial charge in [0.15, 0.2) is 0 Å². The third-order valence-corrected chi connectivity index (χ3v) is 3.40. The zero-order chi connectivity index (χ0) is 11.9. The van der Waals surface area contributed by atoms with Crippen molar-refractivity contribution in [3.05, 3.63) is 71.8 Å². The first-order chi connectivity index (χ1) is 8.36. The Hall–Kier alpha value is -1.27. The predicted octanol–water partition coefficient (Wildman–Crippen LogP) is 4.99. The summed E-state index contributed by atoms with van der Waals surface area (Å²) in [6, 6.07) is 20.9. The van der Waals surface area contributed by atoms with Gasteiger partial charge in [0, 0.05) is 0 Å². The zero-order valence-electron chi connectivity index (χ0n) is 9.85. The van der Waals surface area contributed by atoms with E-state index in [9.17, 15) is 0 Å². The maximum Gasteiger partial charge on any atom is 0.0585 e. The molecule has 0 spiro atoms. The molecule has 0 aliphatic rings. The van der Waals surface area contributed by atoms with Crippen LogP contribution in [0.4, 0.5) is 0 Å². The molecule has 0 saturated heterocycles. The Labute approximate surface area is 108 Å². The molecular weight excluding hydrogens is 228 g/mol. The van der Waals surface area contributed by atoms with E-state index < -0.39 is 0 Å². The van der Waals surface area contributed by atoms with Gasteiger partial charge in [-0.1, -0.05) is 60.7 Å². The minimum atomic E-state index is 0.139. The number of benzene rings is 2. The van der Waals surface area contributed by atoms with Gasteiger partial charge >= 0.3 is 0 Å². The van der Waals surface area contributed by atoms with Crippen LogP contribution in [0.25, 0.3) is 0 Å². The van der Waals surface area contributed by atoms with Gasteiger partial charge in [-0.05, 0) is 30.4 Å². The fourth-order valence-electron chi connectivity index (χ4n) is 1.96. The van der Waals surface area contributed by atoms with E-state index in [0.717, 1.165) is 19.3 Å². The highest BCUT2D eigenvalue weighted by molar-refractivity contribution is 6.20. The van der Waals surface area contributed by atoms with Gasteiger partial charge in [0.1, 0.15) is 0 Å². The molecule has 0 radical (unpaired) electrons. The molecule has 0 fully saturated rings. The molecule has 0 amide bonds.